The maximum atomic E-state index is 11.7. The number of alkyl halides is 1. The number of benzene rings is 1. The van der Waals surface area contributed by atoms with Crippen molar-refractivity contribution < 1.29 is 4.74 Å². The van der Waals surface area contributed by atoms with E-state index in [-0.39, 0.29) is 11.4 Å². The second-order valence-corrected chi connectivity index (χ2v) is 4.43. The lowest BCUT2D eigenvalue weighted by Gasteiger charge is -2.10. The highest BCUT2D eigenvalue weighted by Crippen LogP contribution is 2.33. The van der Waals surface area contributed by atoms with E-state index in [1.54, 1.807) is 12.1 Å². The van der Waals surface area contributed by atoms with Crippen molar-refractivity contribution in [2.45, 2.75) is 12.8 Å². The summed E-state index contributed by atoms with van der Waals surface area (Å²) in [4.78, 5) is 14.5. The molecule has 0 fully saturated rings. The Labute approximate surface area is 108 Å². The van der Waals surface area contributed by atoms with Crippen molar-refractivity contribution in [3.05, 3.63) is 38.6 Å². The first-order chi connectivity index (χ1) is 8.08. The molecule has 90 valence electrons. The number of H-pyrrole nitrogens is 1. The van der Waals surface area contributed by atoms with Crippen LogP contribution in [0.25, 0.3) is 10.9 Å². The fourth-order valence-electron chi connectivity index (χ4n) is 1.81. The average molecular weight is 272 g/mol. The molecule has 2 rings (SSSR count). The van der Waals surface area contributed by atoms with Crippen molar-refractivity contribution in [3.63, 3.8) is 0 Å². The van der Waals surface area contributed by atoms with Crippen LogP contribution in [-0.4, -0.2) is 12.1 Å². The van der Waals surface area contributed by atoms with Crippen LogP contribution in [0.5, 0.6) is 5.75 Å². The second-order valence-electron chi connectivity index (χ2n) is 3.75. The van der Waals surface area contributed by atoms with E-state index < -0.39 is 0 Å². The minimum absolute atomic E-state index is 0.176. The summed E-state index contributed by atoms with van der Waals surface area (Å²) < 4.78 is 5.21. The molecule has 17 heavy (non-hydrogen) atoms. The molecule has 0 aliphatic carbocycles. The van der Waals surface area contributed by atoms with Gasteiger partial charge in [0.2, 0.25) is 0 Å². The highest BCUT2D eigenvalue weighted by atomic mass is 35.5. The zero-order valence-corrected chi connectivity index (χ0v) is 10.9. The first-order valence-electron chi connectivity index (χ1n) is 5.03. The van der Waals surface area contributed by atoms with Crippen LogP contribution in [0.15, 0.2) is 16.9 Å². The zero-order chi connectivity index (χ0) is 12.6. The van der Waals surface area contributed by atoms with Crippen molar-refractivity contribution >= 4 is 34.1 Å². The molecule has 0 bridgehead atoms. The zero-order valence-electron chi connectivity index (χ0n) is 9.43. The van der Waals surface area contributed by atoms with Crippen molar-refractivity contribution in [1.82, 2.24) is 4.98 Å². The summed E-state index contributed by atoms with van der Waals surface area (Å²) in [5.74, 6) is 0.654. The predicted molar refractivity (Wildman–Crippen MR) is 70.4 cm³/mol. The first kappa shape index (κ1) is 12.3. The van der Waals surface area contributed by atoms with Crippen LogP contribution in [0.1, 0.15) is 11.1 Å². The van der Waals surface area contributed by atoms with Crippen molar-refractivity contribution in [1.29, 1.82) is 0 Å². The molecule has 1 heterocycles. The molecule has 1 aromatic heterocycles. The lowest BCUT2D eigenvalue weighted by atomic mass is 10.1. The molecule has 5 heteroatoms. The van der Waals surface area contributed by atoms with E-state index in [4.69, 9.17) is 27.9 Å². The Bertz CT molecular complexity index is 634. The second kappa shape index (κ2) is 4.59. The van der Waals surface area contributed by atoms with Gasteiger partial charge >= 0.3 is 0 Å². The van der Waals surface area contributed by atoms with Gasteiger partial charge in [0, 0.05) is 10.9 Å². The number of rotatable bonds is 2. The summed E-state index contributed by atoms with van der Waals surface area (Å²) in [6.45, 7) is 1.92. The normalized spacial score (nSPS) is 10.8. The molecule has 3 nitrogen and oxygen atoms in total. The van der Waals surface area contributed by atoms with E-state index in [0.29, 0.717) is 21.9 Å². The number of methoxy groups -OCH3 is 1. The molecule has 1 N–H and O–H groups in total. The highest BCUT2D eigenvalue weighted by Gasteiger charge is 2.12. The van der Waals surface area contributed by atoms with Gasteiger partial charge in [-0.2, -0.15) is 0 Å². The Balaban J connectivity index is 2.94. The van der Waals surface area contributed by atoms with Crippen molar-refractivity contribution in [2.75, 3.05) is 7.11 Å². The molecule has 0 aliphatic rings. The third kappa shape index (κ3) is 2.01. The molecule has 0 amide bonds. The maximum Gasteiger partial charge on any atom is 0.252 e. The van der Waals surface area contributed by atoms with Crippen LogP contribution in [-0.2, 0) is 5.88 Å². The van der Waals surface area contributed by atoms with Crippen LogP contribution in [0.2, 0.25) is 5.02 Å². The van der Waals surface area contributed by atoms with Crippen molar-refractivity contribution in [3.8, 4) is 5.75 Å². The molecule has 0 saturated carbocycles. The standard InChI is InChI=1S/C12H11Cl2NO2/c1-6-3-9(14)11(17-2)10-8(6)4-7(5-13)12(16)15-10/h3-4H,5H2,1-2H3,(H,15,16). The number of halogens is 2. The minimum atomic E-state index is -0.215. The Kier molecular flexibility index (Phi) is 3.31. The van der Waals surface area contributed by atoms with Gasteiger partial charge < -0.3 is 9.72 Å². The van der Waals surface area contributed by atoms with Gasteiger partial charge in [-0.25, -0.2) is 0 Å². The first-order valence-corrected chi connectivity index (χ1v) is 5.94. The van der Waals surface area contributed by atoms with Gasteiger partial charge in [-0.3, -0.25) is 4.79 Å². The Morgan fingerprint density at radius 2 is 2.12 bits per heavy atom. The molecular weight excluding hydrogens is 261 g/mol. The molecule has 0 saturated heterocycles. The van der Waals surface area contributed by atoms with Gasteiger partial charge in [-0.1, -0.05) is 11.6 Å². The van der Waals surface area contributed by atoms with Gasteiger partial charge in [0.1, 0.15) is 0 Å². The monoisotopic (exact) mass is 271 g/mol. The summed E-state index contributed by atoms with van der Waals surface area (Å²) in [5.41, 5.74) is 1.89. The number of pyridine rings is 1. The lowest BCUT2D eigenvalue weighted by molar-refractivity contribution is 0.419. The van der Waals surface area contributed by atoms with Crippen molar-refractivity contribution in [2.24, 2.45) is 0 Å². The van der Waals surface area contributed by atoms with E-state index in [2.05, 4.69) is 4.98 Å². The Morgan fingerprint density at radius 3 is 2.71 bits per heavy atom. The Hall–Kier alpha value is -1.19. The summed E-state index contributed by atoms with van der Waals surface area (Å²) >= 11 is 11.8. The molecule has 0 aliphatic heterocycles. The van der Waals surface area contributed by atoms with Crippen LogP contribution >= 0.6 is 23.2 Å². The topological polar surface area (TPSA) is 42.1 Å². The Morgan fingerprint density at radius 1 is 1.41 bits per heavy atom. The van der Waals surface area contributed by atoms with Crippen LogP contribution < -0.4 is 10.3 Å². The summed E-state index contributed by atoms with van der Waals surface area (Å²) in [6.07, 6.45) is 0. The van der Waals surface area contributed by atoms with Gasteiger partial charge in [0.15, 0.2) is 5.75 Å². The number of aromatic amines is 1. The quantitative estimate of drug-likeness (QED) is 0.853. The van der Waals surface area contributed by atoms with Crippen LogP contribution in [0, 0.1) is 6.92 Å². The average Bonchev–Trinajstić information content (AvgIpc) is 2.29. The third-order valence-electron chi connectivity index (χ3n) is 2.68. The molecule has 0 radical (unpaired) electrons. The van der Waals surface area contributed by atoms with E-state index in [1.807, 2.05) is 6.92 Å². The highest BCUT2D eigenvalue weighted by molar-refractivity contribution is 6.33. The van der Waals surface area contributed by atoms with Crippen LogP contribution in [0.4, 0.5) is 0 Å². The number of hydrogen-bond donors (Lipinski definition) is 1. The summed E-state index contributed by atoms with van der Waals surface area (Å²) in [5, 5.41) is 1.37. The minimum Gasteiger partial charge on any atom is -0.493 e. The summed E-state index contributed by atoms with van der Waals surface area (Å²) in [7, 11) is 1.52. The summed E-state index contributed by atoms with van der Waals surface area (Å²) in [6, 6.07) is 3.58. The van der Waals surface area contributed by atoms with E-state index in [9.17, 15) is 4.79 Å². The van der Waals surface area contributed by atoms with E-state index in [1.165, 1.54) is 7.11 Å². The van der Waals surface area contributed by atoms with Gasteiger partial charge in [-0.15, -0.1) is 11.6 Å². The molecule has 2 aromatic rings. The SMILES string of the molecule is COc1c(Cl)cc(C)c2cc(CCl)c(=O)[nH]c12. The predicted octanol–water partition coefficient (Wildman–Crippen LogP) is 3.24. The fraction of sp³-hybridized carbons (Fsp3) is 0.250. The van der Waals surface area contributed by atoms with E-state index in [0.717, 1.165) is 10.9 Å². The third-order valence-corrected chi connectivity index (χ3v) is 3.25. The number of aryl methyl sites for hydroxylation is 1. The molecule has 0 atom stereocenters. The number of aromatic nitrogens is 1. The molecule has 0 spiro atoms. The smallest absolute Gasteiger partial charge is 0.252 e. The number of hydrogen-bond acceptors (Lipinski definition) is 2. The largest absolute Gasteiger partial charge is 0.493 e. The number of ether oxygens (including phenoxy) is 1. The number of nitrogens with one attached hydrogen (secondary N) is 1. The molecular formula is C12H11Cl2NO2. The van der Waals surface area contributed by atoms with Gasteiger partial charge in [-0.05, 0) is 24.6 Å². The van der Waals surface area contributed by atoms with Gasteiger partial charge in [0.25, 0.3) is 5.56 Å². The molecule has 0 unspecified atom stereocenters. The fourth-order valence-corrected chi connectivity index (χ4v) is 2.35. The lowest BCUT2D eigenvalue weighted by Crippen LogP contribution is -2.11. The van der Waals surface area contributed by atoms with Gasteiger partial charge in [0.05, 0.1) is 23.5 Å². The molecule has 1 aromatic carbocycles. The van der Waals surface area contributed by atoms with Crippen LogP contribution in [0.3, 0.4) is 0 Å². The maximum absolute atomic E-state index is 11.7. The van der Waals surface area contributed by atoms with E-state index >= 15 is 0 Å². The number of fused-ring (bicyclic) bond motifs is 1.